The second-order valence-corrected chi connectivity index (χ2v) is 7.07. The minimum absolute atomic E-state index is 0.247. The first-order valence-electron chi connectivity index (χ1n) is 9.27. The fraction of sp³-hybridized carbons (Fsp3) is 0.455. The van der Waals surface area contributed by atoms with Gasteiger partial charge in [-0.1, -0.05) is 55.0 Å². The number of aryl methyl sites for hydroxylation is 1. The van der Waals surface area contributed by atoms with Gasteiger partial charge in [-0.3, -0.25) is 0 Å². The zero-order valence-corrected chi connectivity index (χ0v) is 14.9. The summed E-state index contributed by atoms with van der Waals surface area (Å²) in [5.74, 6) is 0.669. The standard InChI is InChI=1S/C22H29NO/c1-3-19(23-13-7-8-14-23)16-20(18-9-5-4-6-10-18)21-15-17(2)11-12-22(21)24/h4-6,9-12,15,19-20,24H,3,7-8,13-14,16H2,1-2H3. The fourth-order valence-corrected chi connectivity index (χ4v) is 4.03. The Balaban J connectivity index is 1.94. The largest absolute Gasteiger partial charge is 0.508 e. The summed E-state index contributed by atoms with van der Waals surface area (Å²) in [6.07, 6.45) is 4.87. The van der Waals surface area contributed by atoms with Gasteiger partial charge in [-0.15, -0.1) is 0 Å². The van der Waals surface area contributed by atoms with Crippen LogP contribution < -0.4 is 0 Å². The molecule has 1 N–H and O–H groups in total. The van der Waals surface area contributed by atoms with Gasteiger partial charge in [0.2, 0.25) is 0 Å². The molecule has 2 unspecified atom stereocenters. The van der Waals surface area contributed by atoms with Gasteiger partial charge in [-0.2, -0.15) is 0 Å². The Morgan fingerprint density at radius 2 is 1.75 bits per heavy atom. The smallest absolute Gasteiger partial charge is 0.119 e. The molecule has 0 spiro atoms. The molecule has 1 aliphatic heterocycles. The number of phenols is 1. The summed E-state index contributed by atoms with van der Waals surface area (Å²) in [4.78, 5) is 2.64. The van der Waals surface area contributed by atoms with Crippen molar-refractivity contribution in [2.75, 3.05) is 13.1 Å². The van der Waals surface area contributed by atoms with Crippen LogP contribution in [0, 0.1) is 6.92 Å². The highest BCUT2D eigenvalue weighted by Crippen LogP contribution is 2.37. The fourth-order valence-electron chi connectivity index (χ4n) is 4.03. The molecular formula is C22H29NO. The normalized spacial score (nSPS) is 17.8. The molecule has 2 nitrogen and oxygen atoms in total. The average Bonchev–Trinajstić information content (AvgIpc) is 3.14. The monoisotopic (exact) mass is 323 g/mol. The highest BCUT2D eigenvalue weighted by molar-refractivity contribution is 5.43. The predicted octanol–water partition coefficient (Wildman–Crippen LogP) is 5.10. The maximum absolute atomic E-state index is 10.5. The molecule has 2 heteroatoms. The van der Waals surface area contributed by atoms with Gasteiger partial charge in [-0.05, 0) is 57.3 Å². The molecule has 2 aromatic carbocycles. The molecule has 1 saturated heterocycles. The van der Waals surface area contributed by atoms with Crippen LogP contribution in [0.5, 0.6) is 5.75 Å². The molecule has 0 aliphatic carbocycles. The Morgan fingerprint density at radius 3 is 2.42 bits per heavy atom. The van der Waals surface area contributed by atoms with Crippen LogP contribution in [0.2, 0.25) is 0 Å². The van der Waals surface area contributed by atoms with Crippen molar-refractivity contribution in [3.05, 3.63) is 65.2 Å². The lowest BCUT2D eigenvalue weighted by Crippen LogP contribution is -2.33. The number of benzene rings is 2. The summed E-state index contributed by atoms with van der Waals surface area (Å²) in [7, 11) is 0. The van der Waals surface area contributed by atoms with Crippen LogP contribution in [0.25, 0.3) is 0 Å². The summed E-state index contributed by atoms with van der Waals surface area (Å²) in [5.41, 5.74) is 3.58. The number of phenolic OH excluding ortho intramolecular Hbond substituents is 1. The number of rotatable bonds is 6. The average molecular weight is 323 g/mol. The van der Waals surface area contributed by atoms with Crippen molar-refractivity contribution in [3.63, 3.8) is 0 Å². The minimum atomic E-state index is 0.247. The number of aromatic hydroxyl groups is 1. The van der Waals surface area contributed by atoms with Crippen LogP contribution >= 0.6 is 0 Å². The second-order valence-electron chi connectivity index (χ2n) is 7.07. The highest BCUT2D eigenvalue weighted by Gasteiger charge is 2.26. The van der Waals surface area contributed by atoms with Crippen molar-refractivity contribution in [1.29, 1.82) is 0 Å². The second kappa shape index (κ2) is 7.85. The lowest BCUT2D eigenvalue weighted by molar-refractivity contribution is 0.218. The molecule has 0 amide bonds. The van der Waals surface area contributed by atoms with Gasteiger partial charge in [0.25, 0.3) is 0 Å². The van der Waals surface area contributed by atoms with Gasteiger partial charge in [0, 0.05) is 17.5 Å². The molecule has 128 valence electrons. The van der Waals surface area contributed by atoms with Crippen LogP contribution in [-0.2, 0) is 0 Å². The van der Waals surface area contributed by atoms with Crippen molar-refractivity contribution in [2.45, 2.75) is 51.5 Å². The van der Waals surface area contributed by atoms with Crippen LogP contribution in [0.15, 0.2) is 48.5 Å². The van der Waals surface area contributed by atoms with E-state index in [1.165, 1.54) is 37.1 Å². The summed E-state index contributed by atoms with van der Waals surface area (Å²) in [6.45, 7) is 6.84. The van der Waals surface area contributed by atoms with E-state index in [4.69, 9.17) is 0 Å². The van der Waals surface area contributed by atoms with Gasteiger partial charge in [0.15, 0.2) is 0 Å². The van der Waals surface area contributed by atoms with E-state index in [9.17, 15) is 5.11 Å². The highest BCUT2D eigenvalue weighted by atomic mass is 16.3. The summed E-state index contributed by atoms with van der Waals surface area (Å²) >= 11 is 0. The third-order valence-electron chi connectivity index (χ3n) is 5.40. The van der Waals surface area contributed by atoms with Crippen LogP contribution in [0.1, 0.15) is 55.2 Å². The maximum atomic E-state index is 10.5. The van der Waals surface area contributed by atoms with Gasteiger partial charge in [-0.25, -0.2) is 0 Å². The summed E-state index contributed by atoms with van der Waals surface area (Å²) in [6, 6.07) is 17.2. The van der Waals surface area contributed by atoms with E-state index in [1.54, 1.807) is 0 Å². The van der Waals surface area contributed by atoms with E-state index < -0.39 is 0 Å². The molecule has 3 rings (SSSR count). The molecule has 2 atom stereocenters. The van der Waals surface area contributed by atoms with Crippen molar-refractivity contribution in [1.82, 2.24) is 4.90 Å². The zero-order chi connectivity index (χ0) is 16.9. The van der Waals surface area contributed by atoms with Gasteiger partial charge >= 0.3 is 0 Å². The lowest BCUT2D eigenvalue weighted by atomic mass is 9.84. The molecule has 1 heterocycles. The maximum Gasteiger partial charge on any atom is 0.119 e. The Kier molecular flexibility index (Phi) is 5.57. The molecule has 2 aromatic rings. The summed E-state index contributed by atoms with van der Waals surface area (Å²) in [5, 5.41) is 10.5. The van der Waals surface area contributed by atoms with Crippen molar-refractivity contribution >= 4 is 0 Å². The SMILES string of the molecule is CCC(CC(c1ccccc1)c1cc(C)ccc1O)N1CCCC1. The first-order valence-corrected chi connectivity index (χ1v) is 9.27. The number of hydrogen-bond acceptors (Lipinski definition) is 2. The quantitative estimate of drug-likeness (QED) is 0.799. The van der Waals surface area contributed by atoms with E-state index >= 15 is 0 Å². The van der Waals surface area contributed by atoms with E-state index in [-0.39, 0.29) is 5.92 Å². The Bertz CT molecular complexity index is 646. The lowest BCUT2D eigenvalue weighted by Gasteiger charge is -2.31. The van der Waals surface area contributed by atoms with Crippen molar-refractivity contribution in [3.8, 4) is 5.75 Å². The Labute approximate surface area is 146 Å². The zero-order valence-electron chi connectivity index (χ0n) is 14.9. The van der Waals surface area contributed by atoms with Crippen LogP contribution in [-0.4, -0.2) is 29.1 Å². The molecular weight excluding hydrogens is 294 g/mol. The molecule has 0 bridgehead atoms. The number of nitrogens with zero attached hydrogens (tertiary/aromatic N) is 1. The minimum Gasteiger partial charge on any atom is -0.508 e. The first kappa shape index (κ1) is 17.0. The topological polar surface area (TPSA) is 23.5 Å². The first-order chi connectivity index (χ1) is 11.7. The van der Waals surface area contributed by atoms with Crippen molar-refractivity contribution < 1.29 is 5.11 Å². The van der Waals surface area contributed by atoms with Gasteiger partial charge in [0.1, 0.15) is 5.75 Å². The van der Waals surface area contributed by atoms with Gasteiger partial charge in [0.05, 0.1) is 0 Å². The Morgan fingerprint density at radius 1 is 1.04 bits per heavy atom. The summed E-state index contributed by atoms with van der Waals surface area (Å²) < 4.78 is 0. The molecule has 0 saturated carbocycles. The third-order valence-corrected chi connectivity index (χ3v) is 5.40. The number of likely N-dealkylation sites (tertiary alicyclic amines) is 1. The van der Waals surface area contributed by atoms with Crippen LogP contribution in [0.4, 0.5) is 0 Å². The van der Waals surface area contributed by atoms with E-state index in [0.717, 1.165) is 18.4 Å². The van der Waals surface area contributed by atoms with E-state index in [0.29, 0.717) is 11.8 Å². The van der Waals surface area contributed by atoms with Crippen molar-refractivity contribution in [2.24, 2.45) is 0 Å². The molecule has 1 fully saturated rings. The van der Waals surface area contributed by atoms with E-state index in [2.05, 4.69) is 55.1 Å². The molecule has 0 radical (unpaired) electrons. The molecule has 1 aliphatic rings. The van der Waals surface area contributed by atoms with E-state index in [1.807, 2.05) is 12.1 Å². The van der Waals surface area contributed by atoms with Gasteiger partial charge < -0.3 is 10.0 Å². The molecule has 24 heavy (non-hydrogen) atoms. The predicted molar refractivity (Wildman–Crippen MR) is 101 cm³/mol. The Hall–Kier alpha value is -1.80. The van der Waals surface area contributed by atoms with Crippen LogP contribution in [0.3, 0.4) is 0 Å². The number of hydrogen-bond donors (Lipinski definition) is 1. The molecule has 0 aromatic heterocycles. The third kappa shape index (κ3) is 3.81.